The molecule has 1 spiro atoms. The summed E-state index contributed by atoms with van der Waals surface area (Å²) in [5.74, 6) is 0.407. The van der Waals surface area contributed by atoms with Crippen LogP contribution in [0.25, 0.3) is 11.1 Å². The molecule has 2 aliphatic rings. The third-order valence-corrected chi connectivity index (χ3v) is 5.32. The van der Waals surface area contributed by atoms with Crippen LogP contribution < -0.4 is 14.9 Å². The summed E-state index contributed by atoms with van der Waals surface area (Å²) in [4.78, 5) is 26.6. The van der Waals surface area contributed by atoms with E-state index >= 15 is 0 Å². The van der Waals surface area contributed by atoms with Gasteiger partial charge in [0.2, 0.25) is 0 Å². The van der Waals surface area contributed by atoms with Gasteiger partial charge in [-0.2, -0.15) is 0 Å². The maximum absolute atomic E-state index is 12.8. The van der Waals surface area contributed by atoms with E-state index in [-0.39, 0.29) is 17.3 Å². The van der Waals surface area contributed by atoms with Crippen LogP contribution in [0.15, 0.2) is 42.5 Å². The van der Waals surface area contributed by atoms with Gasteiger partial charge >= 0.3 is 0 Å². The number of halogens is 1. The van der Waals surface area contributed by atoms with E-state index in [1.165, 1.54) is 0 Å². The summed E-state index contributed by atoms with van der Waals surface area (Å²) in [6.45, 7) is 1.74. The molecule has 2 aromatic rings. The fourth-order valence-electron chi connectivity index (χ4n) is 3.73. The molecule has 2 aromatic carbocycles. The zero-order valence-electron chi connectivity index (χ0n) is 14.2. The number of nitrogens with one attached hydrogen (secondary N) is 2. The van der Waals surface area contributed by atoms with Crippen LogP contribution in [-0.2, 0) is 0 Å². The number of hydrogen-bond donors (Lipinski definition) is 2. The molecule has 1 saturated heterocycles. The molecule has 5 nitrogen and oxygen atoms in total. The summed E-state index contributed by atoms with van der Waals surface area (Å²) in [5, 5.41) is 3.31. The van der Waals surface area contributed by atoms with Gasteiger partial charge in [-0.15, -0.1) is 0 Å². The molecule has 0 aromatic heterocycles. The predicted molar refractivity (Wildman–Crippen MR) is 99.6 cm³/mol. The highest BCUT2D eigenvalue weighted by atomic mass is 35.5. The molecule has 0 bridgehead atoms. The predicted octanol–water partition coefficient (Wildman–Crippen LogP) is 3.32. The number of rotatable bonds is 2. The van der Waals surface area contributed by atoms with E-state index in [9.17, 15) is 9.59 Å². The van der Waals surface area contributed by atoms with Crippen molar-refractivity contribution in [2.75, 3.05) is 13.1 Å². The Bertz CT molecular complexity index is 875. The van der Waals surface area contributed by atoms with Crippen molar-refractivity contribution in [2.24, 2.45) is 0 Å². The van der Waals surface area contributed by atoms with Crippen LogP contribution in [-0.4, -0.2) is 30.4 Å². The summed E-state index contributed by atoms with van der Waals surface area (Å²) >= 11 is 5.40. The van der Waals surface area contributed by atoms with Gasteiger partial charge in [0, 0.05) is 30.2 Å². The molecule has 2 heterocycles. The summed E-state index contributed by atoms with van der Waals surface area (Å²) < 4.78 is 6.26. The third-order valence-electron chi connectivity index (χ3n) is 5.15. The van der Waals surface area contributed by atoms with Crippen LogP contribution in [0.4, 0.5) is 0 Å². The summed E-state index contributed by atoms with van der Waals surface area (Å²) in [5.41, 5.74) is 2.42. The van der Waals surface area contributed by atoms with Crippen LogP contribution >= 0.6 is 11.8 Å². The summed E-state index contributed by atoms with van der Waals surface area (Å²) in [6, 6.07) is 12.8. The van der Waals surface area contributed by atoms with Gasteiger partial charge in [-0.1, -0.05) is 18.2 Å². The number of fused-ring (bicyclic) bond motifs is 1. The first kappa shape index (κ1) is 17.1. The van der Waals surface area contributed by atoms with Crippen molar-refractivity contribution in [1.29, 1.82) is 0 Å². The quantitative estimate of drug-likeness (QED) is 0.796. The lowest BCUT2D eigenvalue weighted by Gasteiger charge is -2.41. The number of ether oxygens (including phenoxy) is 1. The first-order valence-electron chi connectivity index (χ1n) is 8.69. The molecule has 26 heavy (non-hydrogen) atoms. The van der Waals surface area contributed by atoms with Gasteiger partial charge in [0.05, 0.1) is 12.0 Å². The lowest BCUT2D eigenvalue weighted by Crippen LogP contribution is -2.49. The topological polar surface area (TPSA) is 67.4 Å². The minimum Gasteiger partial charge on any atom is -0.486 e. The van der Waals surface area contributed by atoms with Gasteiger partial charge in [-0.3, -0.25) is 14.4 Å². The Morgan fingerprint density at radius 2 is 1.88 bits per heavy atom. The fraction of sp³-hybridized carbons (Fsp3) is 0.300. The maximum Gasteiger partial charge on any atom is 0.265 e. The van der Waals surface area contributed by atoms with Crippen molar-refractivity contribution in [1.82, 2.24) is 10.2 Å². The average molecular weight is 371 g/mol. The highest BCUT2D eigenvalue weighted by Crippen LogP contribution is 2.39. The molecule has 2 aliphatic heterocycles. The van der Waals surface area contributed by atoms with E-state index in [0.717, 1.165) is 37.1 Å². The lowest BCUT2D eigenvalue weighted by molar-refractivity contribution is 0.0187. The smallest absolute Gasteiger partial charge is 0.265 e. The van der Waals surface area contributed by atoms with Gasteiger partial charge in [0.25, 0.3) is 5.91 Å². The monoisotopic (exact) mass is 370 g/mol. The Morgan fingerprint density at radius 1 is 1.12 bits per heavy atom. The Balaban J connectivity index is 1.67. The van der Waals surface area contributed by atoms with Crippen molar-refractivity contribution >= 4 is 23.5 Å². The second kappa shape index (κ2) is 6.74. The van der Waals surface area contributed by atoms with Gasteiger partial charge in [0.1, 0.15) is 11.4 Å². The second-order valence-electron chi connectivity index (χ2n) is 6.85. The van der Waals surface area contributed by atoms with E-state index in [4.69, 9.17) is 16.5 Å². The molecule has 0 unspecified atom stereocenters. The number of ketones is 1. The number of benzene rings is 2. The van der Waals surface area contributed by atoms with Crippen molar-refractivity contribution in [3.05, 3.63) is 53.6 Å². The van der Waals surface area contributed by atoms with Crippen LogP contribution in [0.1, 0.15) is 40.0 Å². The molecular weight excluding hydrogens is 352 g/mol. The van der Waals surface area contributed by atoms with Gasteiger partial charge in [0.15, 0.2) is 5.78 Å². The van der Waals surface area contributed by atoms with Crippen LogP contribution in [0.5, 0.6) is 5.75 Å². The molecule has 6 heteroatoms. The normalized spacial score (nSPS) is 18.1. The van der Waals surface area contributed by atoms with Crippen LogP contribution in [0.3, 0.4) is 0 Å². The highest BCUT2D eigenvalue weighted by molar-refractivity contribution is 6.24. The van der Waals surface area contributed by atoms with E-state index in [2.05, 4.69) is 10.2 Å². The number of amides is 1. The Hall–Kier alpha value is -2.37. The molecule has 0 atom stereocenters. The molecule has 2 N–H and O–H groups in total. The van der Waals surface area contributed by atoms with Crippen molar-refractivity contribution in [3.63, 3.8) is 0 Å². The molecule has 4 rings (SSSR count). The zero-order chi connectivity index (χ0) is 18.1. The van der Waals surface area contributed by atoms with Gasteiger partial charge in [-0.25, -0.2) is 0 Å². The van der Waals surface area contributed by atoms with Crippen molar-refractivity contribution in [2.45, 2.75) is 24.9 Å². The zero-order valence-corrected chi connectivity index (χ0v) is 14.9. The first-order valence-corrected chi connectivity index (χ1v) is 9.06. The van der Waals surface area contributed by atoms with Crippen molar-refractivity contribution in [3.8, 4) is 16.9 Å². The number of Topliss-reactive ketones (excluding diaryl/α,β-unsaturated/α-hetero) is 1. The molecule has 134 valence electrons. The molecule has 0 aliphatic carbocycles. The molecule has 0 saturated carbocycles. The lowest BCUT2D eigenvalue weighted by atomic mass is 9.82. The number of carbonyl (C=O) groups is 2. The SMILES string of the molecule is O=C(NCl)c1cccc(-c2ccc3c(c2)C(=O)CC2(CCNCC2)O3)c1. The molecular formula is C20H19ClN2O3. The number of hydrogen-bond acceptors (Lipinski definition) is 4. The Labute approximate surface area is 156 Å². The standard InChI is InChI=1S/C20H19ClN2O3/c21-23-19(25)15-3-1-2-13(10-15)14-4-5-18-16(11-14)17(24)12-20(26-18)6-8-22-9-7-20/h1-5,10-11,22H,6-9,12H2,(H,23,25). The van der Waals surface area contributed by atoms with Gasteiger partial charge in [-0.05, 0) is 48.5 Å². The second-order valence-corrected chi connectivity index (χ2v) is 7.04. The number of piperidine rings is 1. The Kier molecular flexibility index (Phi) is 4.42. The molecule has 1 fully saturated rings. The largest absolute Gasteiger partial charge is 0.486 e. The number of carbonyl (C=O) groups excluding carboxylic acids is 2. The van der Waals surface area contributed by atoms with Crippen molar-refractivity contribution < 1.29 is 14.3 Å². The fourth-order valence-corrected chi connectivity index (χ4v) is 3.84. The highest BCUT2D eigenvalue weighted by Gasteiger charge is 2.41. The summed E-state index contributed by atoms with van der Waals surface area (Å²) in [7, 11) is 0. The third kappa shape index (κ3) is 3.08. The summed E-state index contributed by atoms with van der Waals surface area (Å²) in [6.07, 6.45) is 2.10. The van der Waals surface area contributed by atoms with Crippen LogP contribution in [0.2, 0.25) is 0 Å². The van der Waals surface area contributed by atoms with E-state index in [1.54, 1.807) is 18.2 Å². The van der Waals surface area contributed by atoms with E-state index in [0.29, 0.717) is 23.3 Å². The first-order chi connectivity index (χ1) is 12.6. The van der Waals surface area contributed by atoms with E-state index < -0.39 is 0 Å². The van der Waals surface area contributed by atoms with E-state index in [1.807, 2.05) is 24.3 Å². The average Bonchev–Trinajstić information content (AvgIpc) is 2.68. The maximum atomic E-state index is 12.8. The minimum atomic E-state index is -0.366. The minimum absolute atomic E-state index is 0.115. The molecule has 1 amide bonds. The Morgan fingerprint density at radius 3 is 2.65 bits per heavy atom. The van der Waals surface area contributed by atoms with Gasteiger partial charge < -0.3 is 10.1 Å². The van der Waals surface area contributed by atoms with Crippen LogP contribution in [0, 0.1) is 0 Å². The molecule has 0 radical (unpaired) electrons.